The van der Waals surface area contributed by atoms with Crippen LogP contribution in [0, 0.1) is 5.92 Å². The van der Waals surface area contributed by atoms with Crippen LogP contribution in [0.2, 0.25) is 5.02 Å². The zero-order valence-corrected chi connectivity index (χ0v) is 19.6. The number of hydrogen-bond acceptors (Lipinski definition) is 5. The maximum atomic E-state index is 11.6. The van der Waals surface area contributed by atoms with Crippen LogP contribution in [0.5, 0.6) is 5.75 Å². The first-order valence-electron chi connectivity index (χ1n) is 10.5. The number of anilines is 1. The van der Waals surface area contributed by atoms with Gasteiger partial charge in [-0.05, 0) is 67.1 Å². The predicted molar refractivity (Wildman–Crippen MR) is 126 cm³/mol. The zero-order valence-electron chi connectivity index (χ0n) is 18.1. The molecule has 1 saturated carbocycles. The van der Waals surface area contributed by atoms with Crippen LogP contribution in [0.15, 0.2) is 48.5 Å². The van der Waals surface area contributed by atoms with E-state index < -0.39 is 16.1 Å². The Morgan fingerprint density at radius 1 is 1.19 bits per heavy atom. The smallest absolute Gasteiger partial charge is 0.231 e. The van der Waals surface area contributed by atoms with Crippen LogP contribution in [0.3, 0.4) is 0 Å². The van der Waals surface area contributed by atoms with Gasteiger partial charge in [0.15, 0.2) is 0 Å². The number of nitrogens with zero attached hydrogens (tertiary/aromatic N) is 2. The average Bonchev–Trinajstić information content (AvgIpc) is 3.54. The Morgan fingerprint density at radius 2 is 1.90 bits per heavy atom. The molecule has 1 N–H and O–H groups in total. The monoisotopic (exact) mass is 466 g/mol. The molecule has 1 aliphatic carbocycles. The van der Waals surface area contributed by atoms with E-state index in [0.29, 0.717) is 18.0 Å². The van der Waals surface area contributed by atoms with E-state index in [2.05, 4.69) is 11.0 Å². The van der Waals surface area contributed by atoms with Crippen LogP contribution in [-0.4, -0.2) is 64.1 Å². The third-order valence-corrected chi connectivity index (χ3v) is 6.87. The van der Waals surface area contributed by atoms with Gasteiger partial charge in [-0.25, -0.2) is 8.42 Å². The summed E-state index contributed by atoms with van der Waals surface area (Å²) >= 11 is 6.08. The molecule has 170 valence electrons. The van der Waals surface area contributed by atoms with Crippen LogP contribution in [0.25, 0.3) is 0 Å². The highest BCUT2D eigenvalue weighted by Gasteiger charge is 2.25. The van der Waals surface area contributed by atoms with Gasteiger partial charge in [0.1, 0.15) is 18.5 Å². The van der Waals surface area contributed by atoms with Gasteiger partial charge >= 0.3 is 0 Å². The first-order valence-corrected chi connectivity index (χ1v) is 12.7. The van der Waals surface area contributed by atoms with E-state index in [0.717, 1.165) is 36.7 Å². The molecular weight excluding hydrogens is 436 g/mol. The van der Waals surface area contributed by atoms with Crippen LogP contribution >= 0.6 is 11.6 Å². The Balaban J connectivity index is 1.49. The standard InChI is InChI=1S/C23H31ClN2O4S/c1-25(31(2,28)29)21-8-10-23(11-9-21)30-17-22(27)16-26(15-19-6-7-19)13-12-18-4-3-5-20(24)14-18/h3-5,8-11,14,19,22,27H,6-7,12-13,15-17H2,1-2H3. The number of hydrogen-bond donors (Lipinski definition) is 1. The van der Waals surface area contributed by atoms with Crippen LogP contribution in [0.4, 0.5) is 5.69 Å². The minimum atomic E-state index is -3.30. The van der Waals surface area contributed by atoms with Crippen LogP contribution in [-0.2, 0) is 16.4 Å². The summed E-state index contributed by atoms with van der Waals surface area (Å²) < 4.78 is 30.2. The van der Waals surface area contributed by atoms with E-state index in [-0.39, 0.29) is 6.61 Å². The molecule has 0 radical (unpaired) electrons. The number of halogens is 1. The van der Waals surface area contributed by atoms with E-state index in [4.69, 9.17) is 16.3 Å². The fourth-order valence-corrected chi connectivity index (χ4v) is 4.11. The number of benzene rings is 2. The molecule has 0 aliphatic heterocycles. The lowest BCUT2D eigenvalue weighted by atomic mass is 10.1. The average molecular weight is 467 g/mol. The van der Waals surface area contributed by atoms with Gasteiger partial charge in [0.25, 0.3) is 0 Å². The third-order valence-electron chi connectivity index (χ3n) is 5.43. The second-order valence-corrected chi connectivity index (χ2v) is 10.7. The Kier molecular flexibility index (Phi) is 8.22. The molecule has 1 aliphatic rings. The SMILES string of the molecule is CN(c1ccc(OCC(O)CN(CCc2cccc(Cl)c2)CC2CC2)cc1)S(C)(=O)=O. The van der Waals surface area contributed by atoms with Gasteiger partial charge in [0.05, 0.1) is 11.9 Å². The predicted octanol–water partition coefficient (Wildman–Crippen LogP) is 3.43. The molecule has 0 heterocycles. The van der Waals surface area contributed by atoms with Crippen molar-refractivity contribution in [2.24, 2.45) is 5.92 Å². The zero-order chi connectivity index (χ0) is 22.4. The minimum absolute atomic E-state index is 0.180. The second-order valence-electron chi connectivity index (χ2n) is 8.27. The summed E-state index contributed by atoms with van der Waals surface area (Å²) in [4.78, 5) is 2.30. The molecule has 0 aromatic heterocycles. The van der Waals surface area contributed by atoms with Gasteiger partial charge in [-0.1, -0.05) is 23.7 Å². The Bertz CT molecular complexity index is 948. The Morgan fingerprint density at radius 3 is 2.52 bits per heavy atom. The first kappa shape index (κ1) is 23.9. The Hall–Kier alpha value is -1.80. The molecule has 31 heavy (non-hydrogen) atoms. The highest BCUT2D eigenvalue weighted by molar-refractivity contribution is 7.92. The highest BCUT2D eigenvalue weighted by Crippen LogP contribution is 2.30. The maximum Gasteiger partial charge on any atom is 0.231 e. The number of sulfonamides is 1. The largest absolute Gasteiger partial charge is 0.491 e. The summed E-state index contributed by atoms with van der Waals surface area (Å²) in [5, 5.41) is 11.3. The molecule has 0 spiro atoms. The van der Waals surface area contributed by atoms with Gasteiger partial charge in [-0.15, -0.1) is 0 Å². The molecule has 1 atom stereocenters. The highest BCUT2D eigenvalue weighted by atomic mass is 35.5. The van der Waals surface area contributed by atoms with Gasteiger partial charge in [0.2, 0.25) is 10.0 Å². The first-order chi connectivity index (χ1) is 14.7. The van der Waals surface area contributed by atoms with E-state index in [1.807, 2.05) is 18.2 Å². The van der Waals surface area contributed by atoms with E-state index in [1.54, 1.807) is 24.3 Å². The third kappa shape index (κ3) is 8.00. The number of rotatable bonds is 12. The molecular formula is C23H31ClN2O4S. The van der Waals surface area contributed by atoms with Crippen molar-refractivity contribution in [2.75, 3.05) is 43.8 Å². The number of ether oxygens (including phenoxy) is 1. The van der Waals surface area contributed by atoms with Crippen molar-refractivity contribution < 1.29 is 18.3 Å². The summed E-state index contributed by atoms with van der Waals surface area (Å²) in [6.07, 6.45) is 3.95. The lowest BCUT2D eigenvalue weighted by Crippen LogP contribution is -2.38. The molecule has 2 aromatic rings. The Labute approximate surface area is 190 Å². The fraction of sp³-hybridized carbons (Fsp3) is 0.478. The van der Waals surface area contributed by atoms with Gasteiger partial charge in [-0.2, -0.15) is 0 Å². The molecule has 0 saturated heterocycles. The lowest BCUT2D eigenvalue weighted by molar-refractivity contribution is 0.0669. The molecule has 2 aromatic carbocycles. The quantitative estimate of drug-likeness (QED) is 0.519. The normalized spacial score (nSPS) is 15.1. The van der Waals surface area contributed by atoms with Crippen molar-refractivity contribution >= 4 is 27.3 Å². The van der Waals surface area contributed by atoms with Crippen molar-refractivity contribution in [2.45, 2.75) is 25.4 Å². The molecule has 1 fully saturated rings. The van der Waals surface area contributed by atoms with Crippen molar-refractivity contribution in [3.63, 3.8) is 0 Å². The molecule has 0 amide bonds. The molecule has 1 unspecified atom stereocenters. The lowest BCUT2D eigenvalue weighted by Gasteiger charge is -2.25. The van der Waals surface area contributed by atoms with Gasteiger partial charge in [0, 0.05) is 31.7 Å². The summed E-state index contributed by atoms with van der Waals surface area (Å²) in [6, 6.07) is 14.7. The molecule has 6 nitrogen and oxygen atoms in total. The van der Waals surface area contributed by atoms with Gasteiger partial charge < -0.3 is 14.7 Å². The van der Waals surface area contributed by atoms with E-state index in [1.165, 1.54) is 29.8 Å². The summed E-state index contributed by atoms with van der Waals surface area (Å²) in [5.74, 6) is 1.32. The molecule has 8 heteroatoms. The molecule has 3 rings (SSSR count). The van der Waals surface area contributed by atoms with Crippen molar-refractivity contribution in [1.82, 2.24) is 4.90 Å². The maximum absolute atomic E-state index is 11.6. The number of aliphatic hydroxyl groups excluding tert-OH is 1. The summed E-state index contributed by atoms with van der Waals surface area (Å²) in [6.45, 7) is 2.58. The number of aliphatic hydroxyl groups is 1. The summed E-state index contributed by atoms with van der Waals surface area (Å²) in [7, 11) is -1.79. The molecule has 0 bridgehead atoms. The van der Waals surface area contributed by atoms with E-state index in [9.17, 15) is 13.5 Å². The fourth-order valence-electron chi connectivity index (χ4n) is 3.39. The van der Waals surface area contributed by atoms with E-state index >= 15 is 0 Å². The minimum Gasteiger partial charge on any atom is -0.491 e. The van der Waals surface area contributed by atoms with Crippen LogP contribution in [0.1, 0.15) is 18.4 Å². The summed E-state index contributed by atoms with van der Waals surface area (Å²) in [5.41, 5.74) is 1.75. The van der Waals surface area contributed by atoms with Crippen molar-refractivity contribution in [3.8, 4) is 5.75 Å². The van der Waals surface area contributed by atoms with Gasteiger partial charge in [-0.3, -0.25) is 4.31 Å². The second kappa shape index (κ2) is 10.7. The van der Waals surface area contributed by atoms with Crippen molar-refractivity contribution in [3.05, 3.63) is 59.1 Å². The van der Waals surface area contributed by atoms with Crippen molar-refractivity contribution in [1.29, 1.82) is 0 Å². The topological polar surface area (TPSA) is 70.1 Å². The van der Waals surface area contributed by atoms with Crippen LogP contribution < -0.4 is 9.04 Å².